The largest absolute Gasteiger partial charge is 0.349 e. The molecular formula is C12H8ClNO3. The number of ketones is 1. The number of nitrogens with zero attached hydrogens (tertiary/aromatic N) is 1. The van der Waals surface area contributed by atoms with Gasteiger partial charge in [-0.1, -0.05) is 29.4 Å². The number of halogens is 1. The quantitative estimate of drug-likeness (QED) is 0.457. The number of rotatable bonds is 2. The molecule has 1 aliphatic carbocycles. The number of hydrogen-bond donors (Lipinski definition) is 0. The second kappa shape index (κ2) is 4.93. The summed E-state index contributed by atoms with van der Waals surface area (Å²) in [5.41, 5.74) is 1.61. The first-order chi connectivity index (χ1) is 8.22. The maximum Gasteiger partial charge on any atom is 0.349 e. The summed E-state index contributed by atoms with van der Waals surface area (Å²) in [6.07, 6.45) is 2.89. The summed E-state index contributed by atoms with van der Waals surface area (Å²) in [7, 11) is 0. The van der Waals surface area contributed by atoms with E-state index in [1.807, 2.05) is 0 Å². The van der Waals surface area contributed by atoms with E-state index >= 15 is 0 Å². The average molecular weight is 250 g/mol. The second-order valence-electron chi connectivity index (χ2n) is 3.32. The zero-order valence-corrected chi connectivity index (χ0v) is 9.48. The van der Waals surface area contributed by atoms with Gasteiger partial charge < -0.3 is 4.84 Å². The van der Waals surface area contributed by atoms with Gasteiger partial charge in [-0.15, -0.1) is 11.6 Å². The Kier molecular flexibility index (Phi) is 3.35. The predicted molar refractivity (Wildman–Crippen MR) is 63.3 cm³/mol. The lowest BCUT2D eigenvalue weighted by Gasteiger charge is -2.10. The fourth-order valence-corrected chi connectivity index (χ4v) is 1.51. The highest BCUT2D eigenvalue weighted by Gasteiger charge is 2.17. The molecule has 0 bridgehead atoms. The van der Waals surface area contributed by atoms with Crippen molar-refractivity contribution in [2.24, 2.45) is 5.16 Å². The van der Waals surface area contributed by atoms with Gasteiger partial charge in [-0.05, 0) is 12.2 Å². The third kappa shape index (κ3) is 2.42. The fraction of sp³-hybridized carbons (Fsp3) is 0.0833. The van der Waals surface area contributed by atoms with Crippen LogP contribution < -0.4 is 0 Å². The van der Waals surface area contributed by atoms with Gasteiger partial charge in [0.15, 0.2) is 5.78 Å². The number of benzene rings is 1. The number of carbonyl (C=O) groups is 2. The molecule has 0 fully saturated rings. The predicted octanol–water partition coefficient (Wildman–Crippen LogP) is 1.93. The van der Waals surface area contributed by atoms with Crippen LogP contribution in [0.25, 0.3) is 0 Å². The topological polar surface area (TPSA) is 55.7 Å². The molecule has 0 amide bonds. The summed E-state index contributed by atoms with van der Waals surface area (Å²) in [6.45, 7) is 0. The van der Waals surface area contributed by atoms with Gasteiger partial charge in [-0.25, -0.2) is 4.79 Å². The fourth-order valence-electron chi connectivity index (χ4n) is 1.46. The van der Waals surface area contributed by atoms with Crippen LogP contribution in [0.4, 0.5) is 0 Å². The SMILES string of the molecule is O=C(CCl)ON=C1C=CC(=O)c2ccccc21. The Morgan fingerprint density at radius 1 is 1.24 bits per heavy atom. The maximum absolute atomic E-state index is 11.6. The van der Waals surface area contributed by atoms with Crippen LogP contribution in [0, 0.1) is 0 Å². The van der Waals surface area contributed by atoms with Gasteiger partial charge in [0.05, 0.1) is 0 Å². The Bertz CT molecular complexity index is 534. The molecule has 2 rings (SSSR count). The molecule has 0 radical (unpaired) electrons. The van der Waals surface area contributed by atoms with Crippen LogP contribution in [0.2, 0.25) is 0 Å². The van der Waals surface area contributed by atoms with E-state index in [0.29, 0.717) is 16.8 Å². The summed E-state index contributed by atoms with van der Waals surface area (Å²) in [4.78, 5) is 27.0. The number of carbonyl (C=O) groups excluding carboxylic acids is 2. The van der Waals surface area contributed by atoms with Crippen LogP contribution in [0.15, 0.2) is 41.6 Å². The van der Waals surface area contributed by atoms with Gasteiger partial charge >= 0.3 is 5.97 Å². The zero-order valence-electron chi connectivity index (χ0n) is 8.72. The van der Waals surface area contributed by atoms with Crippen LogP contribution in [0.1, 0.15) is 15.9 Å². The summed E-state index contributed by atoms with van der Waals surface area (Å²) >= 11 is 5.28. The minimum absolute atomic E-state index is 0.0942. The van der Waals surface area contributed by atoms with Crippen molar-refractivity contribution in [1.82, 2.24) is 0 Å². The van der Waals surface area contributed by atoms with Crippen molar-refractivity contribution in [3.05, 3.63) is 47.5 Å². The van der Waals surface area contributed by atoms with E-state index in [2.05, 4.69) is 9.99 Å². The lowest BCUT2D eigenvalue weighted by molar-refractivity contribution is -0.140. The van der Waals surface area contributed by atoms with Crippen LogP contribution in [-0.4, -0.2) is 23.3 Å². The van der Waals surface area contributed by atoms with Crippen LogP contribution in [-0.2, 0) is 9.63 Å². The molecule has 4 nitrogen and oxygen atoms in total. The number of allylic oxidation sites excluding steroid dienone is 2. The van der Waals surface area contributed by atoms with Crippen molar-refractivity contribution in [1.29, 1.82) is 0 Å². The van der Waals surface area contributed by atoms with E-state index in [9.17, 15) is 9.59 Å². The molecule has 5 heteroatoms. The molecule has 0 N–H and O–H groups in total. The summed E-state index contributed by atoms with van der Waals surface area (Å²) in [5, 5.41) is 3.67. The Labute approximate surface area is 103 Å². The van der Waals surface area contributed by atoms with Crippen LogP contribution in [0.5, 0.6) is 0 Å². The first-order valence-corrected chi connectivity index (χ1v) is 5.41. The summed E-state index contributed by atoms with van der Waals surface area (Å²) in [5.74, 6) is -0.994. The molecule has 0 unspecified atom stereocenters. The summed E-state index contributed by atoms with van der Waals surface area (Å²) in [6, 6.07) is 6.98. The van der Waals surface area contributed by atoms with Crippen molar-refractivity contribution < 1.29 is 14.4 Å². The third-order valence-electron chi connectivity index (χ3n) is 2.22. The third-order valence-corrected chi connectivity index (χ3v) is 2.43. The molecule has 17 heavy (non-hydrogen) atoms. The molecule has 1 aromatic rings. The Balaban J connectivity index is 2.34. The smallest absolute Gasteiger partial charge is 0.316 e. The van der Waals surface area contributed by atoms with E-state index in [1.165, 1.54) is 12.2 Å². The molecule has 86 valence electrons. The molecule has 0 atom stereocenters. The lowest BCUT2D eigenvalue weighted by Crippen LogP contribution is -2.13. The van der Waals surface area contributed by atoms with Crippen molar-refractivity contribution in [2.45, 2.75) is 0 Å². The van der Waals surface area contributed by atoms with Crippen molar-refractivity contribution in [3.63, 3.8) is 0 Å². The molecule has 0 spiro atoms. The van der Waals surface area contributed by atoms with E-state index < -0.39 is 5.97 Å². The Morgan fingerprint density at radius 2 is 1.94 bits per heavy atom. The monoisotopic (exact) mass is 249 g/mol. The number of hydrogen-bond acceptors (Lipinski definition) is 4. The number of alkyl halides is 1. The van der Waals surface area contributed by atoms with Crippen molar-refractivity contribution in [3.8, 4) is 0 Å². The first kappa shape index (κ1) is 11.5. The van der Waals surface area contributed by atoms with Gasteiger partial charge in [0, 0.05) is 11.1 Å². The molecule has 1 aromatic carbocycles. The van der Waals surface area contributed by atoms with Gasteiger partial charge in [0.2, 0.25) is 0 Å². The second-order valence-corrected chi connectivity index (χ2v) is 3.58. The molecular weight excluding hydrogens is 242 g/mol. The zero-order chi connectivity index (χ0) is 12.3. The minimum Gasteiger partial charge on any atom is -0.316 e. The minimum atomic E-state index is -0.637. The lowest BCUT2D eigenvalue weighted by atomic mass is 9.95. The number of oxime groups is 1. The number of fused-ring (bicyclic) bond motifs is 1. The maximum atomic E-state index is 11.6. The van der Waals surface area contributed by atoms with Crippen molar-refractivity contribution >= 4 is 29.1 Å². The van der Waals surface area contributed by atoms with Crippen LogP contribution in [0.3, 0.4) is 0 Å². The molecule has 0 aromatic heterocycles. The van der Waals surface area contributed by atoms with E-state index in [-0.39, 0.29) is 11.7 Å². The average Bonchev–Trinajstić information content (AvgIpc) is 2.38. The Morgan fingerprint density at radius 3 is 2.65 bits per heavy atom. The Hall–Kier alpha value is -1.94. The van der Waals surface area contributed by atoms with Gasteiger partial charge in [-0.2, -0.15) is 0 Å². The van der Waals surface area contributed by atoms with Gasteiger partial charge in [-0.3, -0.25) is 4.79 Å². The van der Waals surface area contributed by atoms with Crippen molar-refractivity contribution in [2.75, 3.05) is 5.88 Å². The molecule has 0 saturated heterocycles. The molecule has 0 aliphatic heterocycles. The van der Waals surface area contributed by atoms with Gasteiger partial charge in [0.25, 0.3) is 0 Å². The summed E-state index contributed by atoms with van der Waals surface area (Å²) < 4.78 is 0. The van der Waals surface area contributed by atoms with E-state index in [0.717, 1.165) is 0 Å². The van der Waals surface area contributed by atoms with E-state index in [4.69, 9.17) is 11.6 Å². The highest BCUT2D eigenvalue weighted by molar-refractivity contribution is 6.26. The molecule has 0 heterocycles. The first-order valence-electron chi connectivity index (χ1n) is 4.88. The highest BCUT2D eigenvalue weighted by Crippen LogP contribution is 2.17. The highest BCUT2D eigenvalue weighted by atomic mass is 35.5. The van der Waals surface area contributed by atoms with E-state index in [1.54, 1.807) is 24.3 Å². The molecule has 1 aliphatic rings. The standard InChI is InChI=1S/C12H8ClNO3/c13-7-12(16)17-14-10-5-6-11(15)9-4-2-1-3-8(9)10/h1-6H,7H2. The normalized spacial score (nSPS) is 15.8. The van der Waals surface area contributed by atoms with Gasteiger partial charge in [0.1, 0.15) is 11.6 Å². The van der Waals surface area contributed by atoms with Crippen LogP contribution >= 0.6 is 11.6 Å². The molecule has 0 saturated carbocycles.